The zero-order valence-corrected chi connectivity index (χ0v) is 13.3. The number of methoxy groups -OCH3 is 2. The molecule has 3 aromatic rings. The zero-order chi connectivity index (χ0) is 16.1. The van der Waals surface area contributed by atoms with E-state index in [1.54, 1.807) is 14.2 Å². The second kappa shape index (κ2) is 7.03. The number of ether oxygens (including phenoxy) is 2. The van der Waals surface area contributed by atoms with Gasteiger partial charge in [-0.2, -0.15) is 0 Å². The first-order valence-electron chi connectivity index (χ1n) is 7.49. The standard InChI is InChI=1S/C19H20N2O2/c1-22-16-10-8-14-9-11-19(23-2)18(17(14)12-16)13-20-21-15-6-4-3-5-7-15/h3-12,20-21H,13H2,1-2H3. The molecular weight excluding hydrogens is 288 g/mol. The van der Waals surface area contributed by atoms with Gasteiger partial charge < -0.3 is 14.9 Å². The Hall–Kier alpha value is -2.72. The molecule has 0 aliphatic heterocycles. The fraction of sp³-hybridized carbons (Fsp3) is 0.158. The summed E-state index contributed by atoms with van der Waals surface area (Å²) in [4.78, 5) is 0. The molecule has 0 radical (unpaired) electrons. The number of anilines is 1. The van der Waals surface area contributed by atoms with Gasteiger partial charge in [-0.25, -0.2) is 5.43 Å². The summed E-state index contributed by atoms with van der Waals surface area (Å²) in [5.74, 6) is 1.69. The number of nitrogens with one attached hydrogen (secondary N) is 2. The molecular formula is C19H20N2O2. The van der Waals surface area contributed by atoms with E-state index < -0.39 is 0 Å². The summed E-state index contributed by atoms with van der Waals surface area (Å²) < 4.78 is 10.9. The van der Waals surface area contributed by atoms with Crippen molar-refractivity contribution in [3.8, 4) is 11.5 Å². The van der Waals surface area contributed by atoms with Gasteiger partial charge >= 0.3 is 0 Å². The quantitative estimate of drug-likeness (QED) is 0.676. The molecule has 0 bridgehead atoms. The highest BCUT2D eigenvalue weighted by Crippen LogP contribution is 2.30. The Balaban J connectivity index is 1.87. The van der Waals surface area contributed by atoms with Gasteiger partial charge in [-0.1, -0.05) is 30.3 Å². The van der Waals surface area contributed by atoms with Crippen LogP contribution in [0.25, 0.3) is 10.8 Å². The lowest BCUT2D eigenvalue weighted by molar-refractivity contribution is 0.409. The van der Waals surface area contributed by atoms with Gasteiger partial charge in [0.2, 0.25) is 0 Å². The van der Waals surface area contributed by atoms with Gasteiger partial charge in [0.1, 0.15) is 11.5 Å². The van der Waals surface area contributed by atoms with Crippen molar-refractivity contribution in [2.75, 3.05) is 19.6 Å². The van der Waals surface area contributed by atoms with Crippen LogP contribution < -0.4 is 20.3 Å². The van der Waals surface area contributed by atoms with Gasteiger partial charge in [-0.3, -0.25) is 0 Å². The molecule has 4 heteroatoms. The van der Waals surface area contributed by atoms with Crippen LogP contribution in [0.15, 0.2) is 60.7 Å². The van der Waals surface area contributed by atoms with Crippen molar-refractivity contribution in [2.24, 2.45) is 0 Å². The Morgan fingerprint density at radius 1 is 0.870 bits per heavy atom. The van der Waals surface area contributed by atoms with Crippen molar-refractivity contribution in [3.63, 3.8) is 0 Å². The SMILES string of the molecule is COc1ccc2ccc(OC)c(CNNc3ccccc3)c2c1. The fourth-order valence-corrected chi connectivity index (χ4v) is 2.60. The Morgan fingerprint density at radius 3 is 2.39 bits per heavy atom. The maximum absolute atomic E-state index is 5.52. The molecule has 0 fully saturated rings. The Bertz CT molecular complexity index is 783. The van der Waals surface area contributed by atoms with Gasteiger partial charge in [0.25, 0.3) is 0 Å². The van der Waals surface area contributed by atoms with Crippen molar-refractivity contribution in [2.45, 2.75) is 6.54 Å². The molecule has 118 valence electrons. The van der Waals surface area contributed by atoms with E-state index in [2.05, 4.69) is 23.0 Å². The lowest BCUT2D eigenvalue weighted by Crippen LogP contribution is -2.21. The minimum atomic E-state index is 0.628. The summed E-state index contributed by atoms with van der Waals surface area (Å²) in [5, 5.41) is 2.27. The van der Waals surface area contributed by atoms with E-state index in [-0.39, 0.29) is 0 Å². The maximum Gasteiger partial charge on any atom is 0.124 e. The Labute approximate surface area is 136 Å². The maximum atomic E-state index is 5.52. The number of rotatable bonds is 6. The van der Waals surface area contributed by atoms with Crippen LogP contribution in [0.2, 0.25) is 0 Å². The normalized spacial score (nSPS) is 10.5. The van der Waals surface area contributed by atoms with Crippen molar-refractivity contribution >= 4 is 16.5 Å². The molecule has 0 saturated carbocycles. The van der Waals surface area contributed by atoms with Crippen LogP contribution in [0.3, 0.4) is 0 Å². The van der Waals surface area contributed by atoms with E-state index >= 15 is 0 Å². The number of hydrogen-bond acceptors (Lipinski definition) is 4. The van der Waals surface area contributed by atoms with Crippen molar-refractivity contribution in [1.29, 1.82) is 0 Å². The molecule has 0 amide bonds. The van der Waals surface area contributed by atoms with Crippen LogP contribution in [0.4, 0.5) is 5.69 Å². The highest BCUT2D eigenvalue weighted by molar-refractivity contribution is 5.89. The number of para-hydroxylation sites is 1. The highest BCUT2D eigenvalue weighted by atomic mass is 16.5. The lowest BCUT2D eigenvalue weighted by atomic mass is 10.0. The smallest absolute Gasteiger partial charge is 0.124 e. The third kappa shape index (κ3) is 3.38. The lowest BCUT2D eigenvalue weighted by Gasteiger charge is -2.15. The number of hydrogen-bond donors (Lipinski definition) is 2. The Kier molecular flexibility index (Phi) is 4.64. The van der Waals surface area contributed by atoms with Crippen LogP contribution >= 0.6 is 0 Å². The van der Waals surface area contributed by atoms with Crippen LogP contribution in [-0.4, -0.2) is 14.2 Å². The molecule has 0 heterocycles. The Morgan fingerprint density at radius 2 is 1.65 bits per heavy atom. The van der Waals surface area contributed by atoms with E-state index in [0.29, 0.717) is 6.54 Å². The van der Waals surface area contributed by atoms with Crippen LogP contribution in [0.5, 0.6) is 11.5 Å². The molecule has 0 unspecified atom stereocenters. The molecule has 4 nitrogen and oxygen atoms in total. The molecule has 0 atom stereocenters. The summed E-state index contributed by atoms with van der Waals surface area (Å²) in [6.45, 7) is 0.628. The van der Waals surface area contributed by atoms with Crippen molar-refractivity contribution in [1.82, 2.24) is 5.43 Å². The van der Waals surface area contributed by atoms with E-state index in [1.807, 2.05) is 48.5 Å². The minimum Gasteiger partial charge on any atom is -0.497 e. The van der Waals surface area contributed by atoms with E-state index in [0.717, 1.165) is 33.5 Å². The first-order valence-corrected chi connectivity index (χ1v) is 7.49. The number of hydrazine groups is 1. The predicted molar refractivity (Wildman–Crippen MR) is 94.0 cm³/mol. The number of fused-ring (bicyclic) bond motifs is 1. The molecule has 0 aromatic heterocycles. The third-order valence-corrected chi connectivity index (χ3v) is 3.79. The predicted octanol–water partition coefficient (Wildman–Crippen LogP) is 3.97. The minimum absolute atomic E-state index is 0.628. The average molecular weight is 308 g/mol. The van der Waals surface area contributed by atoms with Crippen LogP contribution in [0.1, 0.15) is 5.56 Å². The highest BCUT2D eigenvalue weighted by Gasteiger charge is 2.09. The molecule has 0 saturated heterocycles. The van der Waals surface area contributed by atoms with Gasteiger partial charge in [0.05, 0.1) is 14.2 Å². The number of benzene rings is 3. The zero-order valence-electron chi connectivity index (χ0n) is 13.3. The van der Waals surface area contributed by atoms with Gasteiger partial charge in [0.15, 0.2) is 0 Å². The van der Waals surface area contributed by atoms with E-state index in [4.69, 9.17) is 9.47 Å². The van der Waals surface area contributed by atoms with Crippen LogP contribution in [0, 0.1) is 0 Å². The van der Waals surface area contributed by atoms with E-state index in [1.165, 1.54) is 0 Å². The average Bonchev–Trinajstić information content (AvgIpc) is 2.62. The molecule has 0 aliphatic rings. The van der Waals surface area contributed by atoms with Gasteiger partial charge in [-0.05, 0) is 41.1 Å². The third-order valence-electron chi connectivity index (χ3n) is 3.79. The van der Waals surface area contributed by atoms with Crippen molar-refractivity contribution in [3.05, 3.63) is 66.2 Å². The van der Waals surface area contributed by atoms with Gasteiger partial charge in [-0.15, -0.1) is 0 Å². The molecule has 23 heavy (non-hydrogen) atoms. The van der Waals surface area contributed by atoms with Gasteiger partial charge in [0, 0.05) is 17.8 Å². The topological polar surface area (TPSA) is 42.5 Å². The first-order chi connectivity index (χ1) is 11.3. The largest absolute Gasteiger partial charge is 0.497 e. The molecule has 0 aliphatic carbocycles. The fourth-order valence-electron chi connectivity index (χ4n) is 2.60. The van der Waals surface area contributed by atoms with Crippen LogP contribution in [-0.2, 0) is 6.54 Å². The summed E-state index contributed by atoms with van der Waals surface area (Å²) >= 11 is 0. The monoisotopic (exact) mass is 308 g/mol. The second-order valence-electron chi connectivity index (χ2n) is 5.18. The molecule has 2 N–H and O–H groups in total. The molecule has 3 aromatic carbocycles. The molecule has 3 rings (SSSR count). The first kappa shape index (κ1) is 15.2. The summed E-state index contributed by atoms with van der Waals surface area (Å²) in [6.07, 6.45) is 0. The second-order valence-corrected chi connectivity index (χ2v) is 5.18. The van der Waals surface area contributed by atoms with E-state index in [9.17, 15) is 0 Å². The summed E-state index contributed by atoms with van der Waals surface area (Å²) in [7, 11) is 3.37. The van der Waals surface area contributed by atoms with Crippen molar-refractivity contribution < 1.29 is 9.47 Å². The summed E-state index contributed by atoms with van der Waals surface area (Å²) in [5.41, 5.74) is 8.56. The molecule has 0 spiro atoms. The summed E-state index contributed by atoms with van der Waals surface area (Å²) in [6, 6.07) is 20.1.